The van der Waals surface area contributed by atoms with Crippen LogP contribution in [-0.2, 0) is 5.60 Å². The van der Waals surface area contributed by atoms with Crippen molar-refractivity contribution in [1.82, 2.24) is 19.6 Å². The van der Waals surface area contributed by atoms with Crippen molar-refractivity contribution < 1.29 is 24.1 Å². The molecule has 0 aliphatic heterocycles. The predicted molar refractivity (Wildman–Crippen MR) is 297 cm³/mol. The van der Waals surface area contributed by atoms with Gasteiger partial charge in [-0.1, -0.05) is 103 Å². The van der Waals surface area contributed by atoms with Gasteiger partial charge in [-0.3, -0.25) is 0 Å². The zero-order chi connectivity index (χ0) is 52.3. The standard InChI is InChI=1S/C15H25NO2.2C15H25NO.C15H23NO/c1-6-15(17,12(2)11-16(3)4)13-8-7-9-14(10-13)18-5;3*1-6-15(12(2)11-16(3)4)13-8-7-9-14(10-13)17-5/h7-10,12,17H,6,11H2,1-5H3;2*7-10,12,15H,6,11H2,1-5H3;6-10,12H,11H2,1-5H3/t12-,15?;12-,15+;12-,15-;12-/m0000/s1. The normalized spacial score (nSPS) is 14.9. The third-order valence-corrected chi connectivity index (χ3v) is 13.1. The highest BCUT2D eigenvalue weighted by atomic mass is 16.5. The van der Waals surface area contributed by atoms with Crippen molar-refractivity contribution in [2.24, 2.45) is 23.7 Å². The molecule has 388 valence electrons. The zero-order valence-electron chi connectivity index (χ0n) is 47.1. The maximum atomic E-state index is 10.9. The number of rotatable bonds is 23. The van der Waals surface area contributed by atoms with Gasteiger partial charge in [-0.2, -0.15) is 0 Å². The fourth-order valence-electron chi connectivity index (χ4n) is 9.70. The molecule has 0 aliphatic rings. The fraction of sp³-hybridized carbons (Fsp3) is 0.567. The molecule has 4 aromatic carbocycles. The summed E-state index contributed by atoms with van der Waals surface area (Å²) in [5.41, 5.74) is 5.53. The van der Waals surface area contributed by atoms with Crippen molar-refractivity contribution in [3.05, 3.63) is 125 Å². The fourth-order valence-corrected chi connectivity index (χ4v) is 9.70. The van der Waals surface area contributed by atoms with Crippen LogP contribution in [0.4, 0.5) is 0 Å². The molecule has 0 radical (unpaired) electrons. The second kappa shape index (κ2) is 33.2. The SMILES string of the molecule is CC=C(c1cccc(OC)c1)[C@@H](C)CN(C)C.CCC(O)(c1cccc(OC)c1)[C@@H](C)CN(C)C.CC[C@@H](c1cccc(OC)c1)[C@@H](C)CN(C)C.CC[C@H](c1cccc(OC)c1)[C@@H](C)CN(C)C. The number of benzene rings is 4. The summed E-state index contributed by atoms with van der Waals surface area (Å²) in [6, 6.07) is 32.9. The molecule has 0 saturated carbocycles. The third kappa shape index (κ3) is 22.1. The smallest absolute Gasteiger partial charge is 0.119 e. The van der Waals surface area contributed by atoms with Crippen molar-refractivity contribution in [3.8, 4) is 23.0 Å². The Morgan fingerprint density at radius 3 is 1.26 bits per heavy atom. The van der Waals surface area contributed by atoms with Gasteiger partial charge >= 0.3 is 0 Å². The maximum Gasteiger partial charge on any atom is 0.119 e. The molecule has 1 N–H and O–H groups in total. The summed E-state index contributed by atoms with van der Waals surface area (Å²) in [4.78, 5) is 8.83. The van der Waals surface area contributed by atoms with Gasteiger partial charge in [0.25, 0.3) is 0 Å². The zero-order valence-corrected chi connectivity index (χ0v) is 47.1. The molecule has 4 aromatic rings. The second-order valence-corrected chi connectivity index (χ2v) is 19.9. The quantitative estimate of drug-likeness (QED) is 0.0783. The van der Waals surface area contributed by atoms with Gasteiger partial charge in [0.05, 0.1) is 34.0 Å². The van der Waals surface area contributed by atoms with E-state index in [-0.39, 0.29) is 5.92 Å². The van der Waals surface area contributed by atoms with Crippen molar-refractivity contribution in [1.29, 1.82) is 0 Å². The highest BCUT2D eigenvalue weighted by molar-refractivity contribution is 5.68. The van der Waals surface area contributed by atoms with Crippen molar-refractivity contribution >= 4 is 5.57 Å². The van der Waals surface area contributed by atoms with Crippen LogP contribution in [0.3, 0.4) is 0 Å². The lowest BCUT2D eigenvalue weighted by Crippen LogP contribution is -2.38. The average molecular weight is 955 g/mol. The van der Waals surface area contributed by atoms with E-state index in [1.54, 1.807) is 28.4 Å². The van der Waals surface area contributed by atoms with E-state index in [0.717, 1.165) is 54.7 Å². The van der Waals surface area contributed by atoms with Gasteiger partial charge in [-0.05, 0) is 189 Å². The minimum atomic E-state index is -0.807. The molecule has 69 heavy (non-hydrogen) atoms. The summed E-state index contributed by atoms with van der Waals surface area (Å²) < 4.78 is 21.1. The van der Waals surface area contributed by atoms with Gasteiger partial charge in [-0.25, -0.2) is 0 Å². The van der Waals surface area contributed by atoms with Gasteiger partial charge in [0.2, 0.25) is 0 Å². The Kier molecular flexibility index (Phi) is 30.2. The predicted octanol–water partition coefficient (Wildman–Crippen LogP) is 12.6. The first-order valence-corrected chi connectivity index (χ1v) is 25.2. The van der Waals surface area contributed by atoms with Crippen molar-refractivity contribution in [3.63, 3.8) is 0 Å². The minimum Gasteiger partial charge on any atom is -0.497 e. The van der Waals surface area contributed by atoms with Crippen LogP contribution in [0.1, 0.15) is 109 Å². The molecule has 1 unspecified atom stereocenters. The number of aliphatic hydroxyl groups is 1. The lowest BCUT2D eigenvalue weighted by atomic mass is 9.80. The van der Waals surface area contributed by atoms with Crippen LogP contribution in [-0.4, -0.2) is 136 Å². The van der Waals surface area contributed by atoms with E-state index in [1.807, 2.05) is 69.6 Å². The molecule has 9 heteroatoms. The Hall–Kier alpha value is -4.38. The van der Waals surface area contributed by atoms with E-state index >= 15 is 0 Å². The molecule has 0 aliphatic carbocycles. The summed E-state index contributed by atoms with van der Waals surface area (Å²) >= 11 is 0. The molecule has 0 saturated heterocycles. The highest BCUT2D eigenvalue weighted by Gasteiger charge is 2.34. The molecule has 4 rings (SSSR count). The summed E-state index contributed by atoms with van der Waals surface area (Å²) in [5.74, 6) is 6.81. The van der Waals surface area contributed by atoms with Crippen molar-refractivity contribution in [2.75, 3.05) is 111 Å². The van der Waals surface area contributed by atoms with Gasteiger partial charge < -0.3 is 43.7 Å². The van der Waals surface area contributed by atoms with Crippen molar-refractivity contribution in [2.45, 2.75) is 92.1 Å². The van der Waals surface area contributed by atoms with E-state index in [9.17, 15) is 5.11 Å². The Labute approximate surface area is 422 Å². The summed E-state index contributed by atoms with van der Waals surface area (Å²) in [7, 11) is 23.6. The van der Waals surface area contributed by atoms with Crippen LogP contribution in [0, 0.1) is 23.7 Å². The number of ether oxygens (including phenoxy) is 4. The van der Waals surface area contributed by atoms with Gasteiger partial charge in [-0.15, -0.1) is 0 Å². The first kappa shape index (κ1) is 62.6. The average Bonchev–Trinajstić information content (AvgIpc) is 3.32. The lowest BCUT2D eigenvalue weighted by molar-refractivity contribution is -0.0293. The van der Waals surface area contributed by atoms with Gasteiger partial charge in [0.1, 0.15) is 23.0 Å². The Balaban J connectivity index is 0.000000460. The number of nitrogens with zero attached hydrogens (tertiary/aromatic N) is 4. The Morgan fingerprint density at radius 1 is 0.522 bits per heavy atom. The van der Waals surface area contributed by atoms with Crippen LogP contribution >= 0.6 is 0 Å². The van der Waals surface area contributed by atoms with Crippen LogP contribution in [0.2, 0.25) is 0 Å². The molecule has 0 fully saturated rings. The molecule has 0 aromatic heterocycles. The monoisotopic (exact) mass is 955 g/mol. The third-order valence-electron chi connectivity index (χ3n) is 13.1. The summed E-state index contributed by atoms with van der Waals surface area (Å²) in [6.45, 7) is 21.8. The first-order chi connectivity index (χ1) is 32.7. The van der Waals surface area contributed by atoms with Gasteiger partial charge in [0, 0.05) is 32.1 Å². The molecule has 0 amide bonds. The Morgan fingerprint density at radius 2 is 0.899 bits per heavy atom. The van der Waals surface area contributed by atoms with Crippen LogP contribution in [0.25, 0.3) is 5.57 Å². The van der Waals surface area contributed by atoms with Gasteiger partial charge in [0.15, 0.2) is 0 Å². The summed E-state index contributed by atoms with van der Waals surface area (Å²) in [5, 5.41) is 10.9. The number of methoxy groups -OCH3 is 4. The van der Waals surface area contributed by atoms with Crippen LogP contribution in [0.5, 0.6) is 23.0 Å². The molecular formula is C60H98N4O5. The largest absolute Gasteiger partial charge is 0.497 e. The topological polar surface area (TPSA) is 70.1 Å². The Bertz CT molecular complexity index is 1930. The molecule has 0 spiro atoms. The van der Waals surface area contributed by atoms with E-state index in [2.05, 4.69) is 165 Å². The highest BCUT2D eigenvalue weighted by Crippen LogP contribution is 2.36. The maximum absolute atomic E-state index is 10.9. The molecule has 7 atom stereocenters. The molecule has 0 heterocycles. The van der Waals surface area contributed by atoms with E-state index in [1.165, 1.54) is 35.1 Å². The first-order valence-electron chi connectivity index (χ1n) is 25.2. The molecule has 0 bridgehead atoms. The van der Waals surface area contributed by atoms with Crippen LogP contribution < -0.4 is 18.9 Å². The summed E-state index contributed by atoms with van der Waals surface area (Å²) in [6.07, 6.45) is 5.22. The molecule has 9 nitrogen and oxygen atoms in total. The second-order valence-electron chi connectivity index (χ2n) is 19.9. The van der Waals surface area contributed by atoms with Crippen LogP contribution in [0.15, 0.2) is 103 Å². The lowest BCUT2D eigenvalue weighted by Gasteiger charge is -2.35. The molecular weight excluding hydrogens is 857 g/mol. The minimum absolute atomic E-state index is 0.157. The number of hydrogen-bond donors (Lipinski definition) is 1. The number of allylic oxidation sites excluding steroid dienone is 1. The van der Waals surface area contributed by atoms with E-state index in [4.69, 9.17) is 18.9 Å². The van der Waals surface area contributed by atoms with E-state index < -0.39 is 5.60 Å². The number of hydrogen-bond acceptors (Lipinski definition) is 9. The van der Waals surface area contributed by atoms with E-state index in [0.29, 0.717) is 36.0 Å².